The van der Waals surface area contributed by atoms with Crippen molar-refractivity contribution in [1.82, 2.24) is 0 Å². The molecular weight excluding hydrogens is 122 g/mol. The highest BCUT2D eigenvalue weighted by Crippen LogP contribution is 2.13. The molecule has 0 fully saturated rings. The van der Waals surface area contributed by atoms with Crippen LogP contribution in [0.5, 0.6) is 0 Å². The highest BCUT2D eigenvalue weighted by atomic mass is 32.1. The van der Waals surface area contributed by atoms with Crippen LogP contribution in [-0.4, -0.2) is 7.11 Å². The van der Waals surface area contributed by atoms with Crippen LogP contribution < -0.4 is 5.48 Å². The summed E-state index contributed by atoms with van der Waals surface area (Å²) in [4.78, 5) is 4.65. The predicted molar refractivity (Wildman–Crippen MR) is 35.0 cm³/mol. The Hall–Kier alpha value is -0.540. The summed E-state index contributed by atoms with van der Waals surface area (Å²) in [5.74, 6) is 0. The number of nitrogens with one attached hydrogen (secondary N) is 1. The smallest absolute Gasteiger partial charge is 0.113 e. The number of rotatable bonds is 2. The monoisotopic (exact) mass is 129 g/mol. The van der Waals surface area contributed by atoms with Gasteiger partial charge in [0.05, 0.1) is 7.11 Å². The van der Waals surface area contributed by atoms with Gasteiger partial charge < -0.3 is 0 Å². The molecule has 0 saturated carbocycles. The molecule has 0 aliphatic rings. The molecule has 0 aliphatic heterocycles. The van der Waals surface area contributed by atoms with Crippen molar-refractivity contribution < 1.29 is 4.84 Å². The normalized spacial score (nSPS) is 9.12. The van der Waals surface area contributed by atoms with Gasteiger partial charge in [-0.15, -0.1) is 11.3 Å². The Morgan fingerprint density at radius 2 is 2.62 bits per heavy atom. The molecule has 0 bridgehead atoms. The first-order chi connectivity index (χ1) is 3.93. The van der Waals surface area contributed by atoms with Gasteiger partial charge in [-0.05, 0) is 17.5 Å². The SMILES string of the molecule is CONc1cccs1. The lowest BCUT2D eigenvalue weighted by molar-refractivity contribution is 0.272. The number of anilines is 1. The third kappa shape index (κ3) is 1.21. The van der Waals surface area contributed by atoms with Gasteiger partial charge in [0, 0.05) is 0 Å². The minimum atomic E-state index is 1.03. The van der Waals surface area contributed by atoms with Crippen molar-refractivity contribution in [2.24, 2.45) is 0 Å². The lowest BCUT2D eigenvalue weighted by atomic mass is 10.6. The van der Waals surface area contributed by atoms with Crippen LogP contribution in [0.15, 0.2) is 17.5 Å². The third-order valence-electron chi connectivity index (χ3n) is 0.724. The van der Waals surface area contributed by atoms with Crippen molar-refractivity contribution in [3.63, 3.8) is 0 Å². The van der Waals surface area contributed by atoms with Crippen molar-refractivity contribution in [1.29, 1.82) is 0 Å². The van der Waals surface area contributed by atoms with Gasteiger partial charge in [-0.25, -0.2) is 0 Å². The summed E-state index contributed by atoms with van der Waals surface area (Å²) in [6.07, 6.45) is 0. The molecule has 0 aliphatic carbocycles. The zero-order chi connectivity index (χ0) is 5.82. The summed E-state index contributed by atoms with van der Waals surface area (Å²) < 4.78 is 0. The van der Waals surface area contributed by atoms with Gasteiger partial charge in [0.1, 0.15) is 5.00 Å². The van der Waals surface area contributed by atoms with Crippen molar-refractivity contribution in [3.8, 4) is 0 Å². The molecule has 3 heteroatoms. The average molecular weight is 129 g/mol. The van der Waals surface area contributed by atoms with Crippen LogP contribution in [0.4, 0.5) is 5.00 Å². The predicted octanol–water partition coefficient (Wildman–Crippen LogP) is 1.72. The zero-order valence-corrected chi connectivity index (χ0v) is 5.37. The van der Waals surface area contributed by atoms with Gasteiger partial charge in [0.2, 0.25) is 0 Å². The standard InChI is InChI=1S/C5H7NOS/c1-7-6-5-3-2-4-8-5/h2-4,6H,1H3. The molecule has 1 N–H and O–H groups in total. The van der Waals surface area contributed by atoms with Crippen LogP contribution in [0.25, 0.3) is 0 Å². The van der Waals surface area contributed by atoms with E-state index < -0.39 is 0 Å². The number of thiophene rings is 1. The second-order valence-corrected chi connectivity index (χ2v) is 2.23. The van der Waals surface area contributed by atoms with Crippen LogP contribution in [-0.2, 0) is 4.84 Å². The largest absolute Gasteiger partial charge is 0.279 e. The first-order valence-electron chi connectivity index (χ1n) is 2.26. The van der Waals surface area contributed by atoms with Gasteiger partial charge in [-0.1, -0.05) is 0 Å². The zero-order valence-electron chi connectivity index (χ0n) is 4.55. The molecule has 0 radical (unpaired) electrons. The average Bonchev–Trinajstić information content (AvgIpc) is 2.19. The molecule has 44 valence electrons. The van der Waals surface area contributed by atoms with Crippen LogP contribution >= 0.6 is 11.3 Å². The fourth-order valence-electron chi connectivity index (χ4n) is 0.437. The lowest BCUT2D eigenvalue weighted by Crippen LogP contribution is -1.90. The topological polar surface area (TPSA) is 21.3 Å². The van der Waals surface area contributed by atoms with Gasteiger partial charge >= 0.3 is 0 Å². The molecule has 2 nitrogen and oxygen atoms in total. The Balaban J connectivity index is 2.50. The molecule has 1 rings (SSSR count). The Labute approximate surface area is 52.1 Å². The van der Waals surface area contributed by atoms with Gasteiger partial charge in [0.25, 0.3) is 0 Å². The Morgan fingerprint density at radius 1 is 1.75 bits per heavy atom. The first kappa shape index (κ1) is 5.59. The first-order valence-corrected chi connectivity index (χ1v) is 3.14. The number of hydrogen-bond donors (Lipinski definition) is 1. The highest BCUT2D eigenvalue weighted by Gasteiger charge is 1.84. The second-order valence-electron chi connectivity index (χ2n) is 1.28. The maximum Gasteiger partial charge on any atom is 0.113 e. The molecule has 0 amide bonds. The minimum Gasteiger partial charge on any atom is -0.279 e. The number of hydrogen-bond acceptors (Lipinski definition) is 3. The molecule has 0 unspecified atom stereocenters. The Kier molecular flexibility index (Phi) is 1.88. The Bertz CT molecular complexity index is 138. The van der Waals surface area contributed by atoms with E-state index in [1.54, 1.807) is 18.4 Å². The minimum absolute atomic E-state index is 1.03. The molecule has 1 aromatic heterocycles. The fraction of sp³-hybridized carbons (Fsp3) is 0.200. The summed E-state index contributed by atoms with van der Waals surface area (Å²) in [7, 11) is 1.60. The molecule has 0 spiro atoms. The quantitative estimate of drug-likeness (QED) is 0.614. The van der Waals surface area contributed by atoms with Crippen LogP contribution in [0.2, 0.25) is 0 Å². The molecule has 0 atom stereocenters. The van der Waals surface area contributed by atoms with Crippen LogP contribution in [0.3, 0.4) is 0 Å². The van der Waals surface area contributed by atoms with E-state index >= 15 is 0 Å². The van der Waals surface area contributed by atoms with E-state index in [2.05, 4.69) is 10.3 Å². The molecule has 0 saturated heterocycles. The third-order valence-corrected chi connectivity index (χ3v) is 1.49. The summed E-state index contributed by atoms with van der Waals surface area (Å²) in [6, 6.07) is 3.92. The second kappa shape index (κ2) is 2.69. The van der Waals surface area contributed by atoms with E-state index in [-0.39, 0.29) is 0 Å². The van der Waals surface area contributed by atoms with Crippen molar-refractivity contribution >= 4 is 16.3 Å². The maximum absolute atomic E-state index is 4.65. The molecule has 1 aromatic rings. The van der Waals surface area contributed by atoms with Crippen molar-refractivity contribution in [3.05, 3.63) is 17.5 Å². The van der Waals surface area contributed by atoms with Crippen molar-refractivity contribution in [2.75, 3.05) is 12.6 Å². The van der Waals surface area contributed by atoms with E-state index in [0.29, 0.717) is 0 Å². The van der Waals surface area contributed by atoms with E-state index in [1.165, 1.54) is 0 Å². The van der Waals surface area contributed by atoms with Gasteiger partial charge in [0.15, 0.2) is 0 Å². The fourth-order valence-corrected chi connectivity index (χ4v) is 1.03. The molecule has 1 heterocycles. The summed E-state index contributed by atoms with van der Waals surface area (Å²) in [5, 5.41) is 3.02. The van der Waals surface area contributed by atoms with Crippen molar-refractivity contribution in [2.45, 2.75) is 0 Å². The molecule has 0 aromatic carbocycles. The molecule has 8 heavy (non-hydrogen) atoms. The van der Waals surface area contributed by atoms with Gasteiger partial charge in [-0.2, -0.15) is 0 Å². The summed E-state index contributed by atoms with van der Waals surface area (Å²) in [6.45, 7) is 0. The van der Waals surface area contributed by atoms with E-state index in [9.17, 15) is 0 Å². The Morgan fingerprint density at radius 3 is 3.12 bits per heavy atom. The van der Waals surface area contributed by atoms with Gasteiger partial charge in [-0.3, -0.25) is 10.3 Å². The van der Waals surface area contributed by atoms with Crippen LogP contribution in [0, 0.1) is 0 Å². The highest BCUT2D eigenvalue weighted by molar-refractivity contribution is 7.14. The van der Waals surface area contributed by atoms with E-state index in [1.807, 2.05) is 17.5 Å². The maximum atomic E-state index is 4.65. The van der Waals surface area contributed by atoms with Crippen LogP contribution in [0.1, 0.15) is 0 Å². The molecular formula is C5H7NOS. The summed E-state index contributed by atoms with van der Waals surface area (Å²) in [5.41, 5.74) is 2.71. The van der Waals surface area contributed by atoms with E-state index in [4.69, 9.17) is 0 Å². The van der Waals surface area contributed by atoms with E-state index in [0.717, 1.165) is 5.00 Å². The lowest BCUT2D eigenvalue weighted by Gasteiger charge is -1.94. The summed E-state index contributed by atoms with van der Waals surface area (Å²) >= 11 is 1.61.